The molecular weight excluding hydrogens is 250 g/mol. The van der Waals surface area contributed by atoms with Crippen LogP contribution in [0.15, 0.2) is 30.3 Å². The molecule has 1 fully saturated rings. The van der Waals surface area contributed by atoms with Crippen molar-refractivity contribution in [3.63, 3.8) is 0 Å². The van der Waals surface area contributed by atoms with Gasteiger partial charge in [-0.3, -0.25) is 4.79 Å². The Labute approximate surface area is 111 Å². The van der Waals surface area contributed by atoms with Gasteiger partial charge in [-0.25, -0.2) is 0 Å². The summed E-state index contributed by atoms with van der Waals surface area (Å²) < 4.78 is 28.1. The Kier molecular flexibility index (Phi) is 3.85. The number of carbonyl (C=O) groups is 1. The van der Waals surface area contributed by atoms with Crippen LogP contribution in [0.1, 0.15) is 31.2 Å². The molecule has 104 valence electrons. The summed E-state index contributed by atoms with van der Waals surface area (Å²) in [5.74, 6) is -4.78. The summed E-state index contributed by atoms with van der Waals surface area (Å²) in [6.45, 7) is 0.198. The second-order valence-electron chi connectivity index (χ2n) is 5.09. The monoisotopic (exact) mass is 268 g/mol. The van der Waals surface area contributed by atoms with Crippen LogP contribution in [0, 0.1) is 0 Å². The third-order valence-corrected chi connectivity index (χ3v) is 3.75. The van der Waals surface area contributed by atoms with Gasteiger partial charge in [-0.1, -0.05) is 43.2 Å². The van der Waals surface area contributed by atoms with Crippen molar-refractivity contribution in [1.82, 2.24) is 5.32 Å². The van der Waals surface area contributed by atoms with Crippen LogP contribution in [0.25, 0.3) is 0 Å². The Morgan fingerprint density at radius 1 is 1.26 bits per heavy atom. The Bertz CT molecular complexity index is 442. The molecule has 0 aliphatic heterocycles. The minimum atomic E-state index is -3.52. The van der Waals surface area contributed by atoms with E-state index in [-0.39, 0.29) is 12.1 Å². The van der Waals surface area contributed by atoms with Crippen molar-refractivity contribution in [3.8, 4) is 0 Å². The molecule has 0 spiro atoms. The zero-order valence-corrected chi connectivity index (χ0v) is 10.7. The lowest BCUT2D eigenvalue weighted by molar-refractivity contribution is -0.149. The molecule has 3 nitrogen and oxygen atoms in total. The highest BCUT2D eigenvalue weighted by Gasteiger charge is 2.45. The van der Waals surface area contributed by atoms with Crippen molar-refractivity contribution in [3.05, 3.63) is 35.9 Å². The maximum absolute atomic E-state index is 14.1. The van der Waals surface area contributed by atoms with Gasteiger partial charge in [-0.15, -0.1) is 0 Å². The Morgan fingerprint density at radius 3 is 2.37 bits per heavy atom. The number of nitrogens with one attached hydrogen (secondary N) is 1. The van der Waals surface area contributed by atoms with E-state index in [1.807, 2.05) is 0 Å². The van der Waals surface area contributed by atoms with Gasteiger partial charge in [0, 0.05) is 12.1 Å². The number of benzene rings is 1. The normalized spacial score (nSPS) is 18.3. The number of hydrogen-bond donors (Lipinski definition) is 2. The van der Waals surface area contributed by atoms with Gasteiger partial charge in [0.05, 0.1) is 5.54 Å². The first-order chi connectivity index (χ1) is 9.00. The highest BCUT2D eigenvalue weighted by Crippen LogP contribution is 2.33. The van der Waals surface area contributed by atoms with Crippen LogP contribution >= 0.6 is 0 Å². The number of alkyl halides is 2. The number of rotatable bonds is 4. The largest absolute Gasteiger partial charge is 0.349 e. The first-order valence-electron chi connectivity index (χ1n) is 6.46. The zero-order chi connectivity index (χ0) is 13.9. The molecule has 0 radical (unpaired) electrons. The van der Waals surface area contributed by atoms with Gasteiger partial charge in [-0.05, 0) is 12.8 Å². The predicted octanol–water partition coefficient (Wildman–Crippen LogP) is 2.17. The molecule has 0 unspecified atom stereocenters. The van der Waals surface area contributed by atoms with Gasteiger partial charge in [0.25, 0.3) is 5.91 Å². The second-order valence-corrected chi connectivity index (χ2v) is 5.09. The maximum Gasteiger partial charge on any atom is 0.349 e. The SMILES string of the molecule is NCC1(NC(=O)C(F)(F)c2ccccc2)CCCC1. The van der Waals surface area contributed by atoms with Crippen molar-refractivity contribution in [2.75, 3.05) is 6.54 Å². The lowest BCUT2D eigenvalue weighted by atomic mass is 9.96. The molecule has 2 rings (SSSR count). The highest BCUT2D eigenvalue weighted by atomic mass is 19.3. The number of nitrogens with two attached hydrogens (primary N) is 1. The fraction of sp³-hybridized carbons (Fsp3) is 0.500. The van der Waals surface area contributed by atoms with Gasteiger partial charge in [0.1, 0.15) is 0 Å². The topological polar surface area (TPSA) is 55.1 Å². The molecule has 5 heteroatoms. The lowest BCUT2D eigenvalue weighted by Crippen LogP contribution is -2.55. The lowest BCUT2D eigenvalue weighted by Gasteiger charge is -2.30. The summed E-state index contributed by atoms with van der Waals surface area (Å²) in [6.07, 6.45) is 3.16. The smallest absolute Gasteiger partial charge is 0.344 e. The van der Waals surface area contributed by atoms with Gasteiger partial charge in [0.2, 0.25) is 0 Å². The van der Waals surface area contributed by atoms with Gasteiger partial charge in [-0.2, -0.15) is 8.78 Å². The third kappa shape index (κ3) is 2.76. The van der Waals surface area contributed by atoms with Crippen LogP contribution < -0.4 is 11.1 Å². The fourth-order valence-corrected chi connectivity index (χ4v) is 2.53. The standard InChI is InChI=1S/C14H18F2N2O/c15-14(16,11-6-2-1-3-7-11)12(19)18-13(10-17)8-4-5-9-13/h1-3,6-7H,4-5,8-10,17H2,(H,18,19). The summed E-state index contributed by atoms with van der Waals surface area (Å²) in [5, 5.41) is 2.47. The van der Waals surface area contributed by atoms with Crippen LogP contribution in [0.3, 0.4) is 0 Å². The molecule has 19 heavy (non-hydrogen) atoms. The van der Waals surface area contributed by atoms with E-state index in [1.54, 1.807) is 6.07 Å². The second kappa shape index (κ2) is 5.25. The zero-order valence-electron chi connectivity index (χ0n) is 10.7. The average Bonchev–Trinajstić information content (AvgIpc) is 2.89. The van der Waals surface area contributed by atoms with Crippen molar-refractivity contribution >= 4 is 5.91 Å². The van der Waals surface area contributed by atoms with Crippen molar-refractivity contribution in [2.45, 2.75) is 37.1 Å². The number of halogens is 2. The van der Waals surface area contributed by atoms with Crippen LogP contribution in [0.2, 0.25) is 0 Å². The number of amides is 1. The molecule has 1 aromatic rings. The van der Waals surface area contributed by atoms with Gasteiger partial charge < -0.3 is 11.1 Å². The first kappa shape index (κ1) is 13.9. The van der Waals surface area contributed by atoms with Crippen molar-refractivity contribution in [2.24, 2.45) is 5.73 Å². The summed E-state index contributed by atoms with van der Waals surface area (Å²) >= 11 is 0. The molecule has 1 aromatic carbocycles. The van der Waals surface area contributed by atoms with Crippen LogP contribution in [-0.2, 0) is 10.7 Å². The summed E-state index contributed by atoms with van der Waals surface area (Å²) in [6, 6.07) is 7.12. The summed E-state index contributed by atoms with van der Waals surface area (Å²) in [4.78, 5) is 11.9. The van der Waals surface area contributed by atoms with Crippen LogP contribution in [0.5, 0.6) is 0 Å². The molecule has 1 aliphatic carbocycles. The van der Waals surface area contributed by atoms with E-state index in [9.17, 15) is 13.6 Å². The Morgan fingerprint density at radius 2 is 1.84 bits per heavy atom. The van der Waals surface area contributed by atoms with Gasteiger partial charge >= 0.3 is 5.92 Å². The summed E-state index contributed by atoms with van der Waals surface area (Å²) in [7, 11) is 0. The molecular formula is C14H18F2N2O. The van der Waals surface area contributed by atoms with E-state index >= 15 is 0 Å². The molecule has 1 aliphatic rings. The molecule has 0 heterocycles. The van der Waals surface area contributed by atoms with Crippen molar-refractivity contribution in [1.29, 1.82) is 0 Å². The Hall–Kier alpha value is -1.49. The van der Waals surface area contributed by atoms with Crippen LogP contribution in [-0.4, -0.2) is 18.0 Å². The molecule has 3 N–H and O–H groups in total. The molecule has 0 bridgehead atoms. The van der Waals surface area contributed by atoms with E-state index in [0.29, 0.717) is 12.8 Å². The number of carbonyl (C=O) groups excluding carboxylic acids is 1. The van der Waals surface area contributed by atoms with Gasteiger partial charge in [0.15, 0.2) is 0 Å². The van der Waals surface area contributed by atoms with Crippen LogP contribution in [0.4, 0.5) is 8.78 Å². The third-order valence-electron chi connectivity index (χ3n) is 3.75. The van der Waals surface area contributed by atoms with E-state index in [2.05, 4.69) is 5.32 Å². The Balaban J connectivity index is 2.15. The van der Waals surface area contributed by atoms with E-state index in [0.717, 1.165) is 12.8 Å². The molecule has 0 aromatic heterocycles. The minimum Gasteiger partial charge on any atom is -0.344 e. The predicted molar refractivity (Wildman–Crippen MR) is 68.7 cm³/mol. The quantitative estimate of drug-likeness (QED) is 0.879. The first-order valence-corrected chi connectivity index (χ1v) is 6.46. The minimum absolute atomic E-state index is 0.198. The fourth-order valence-electron chi connectivity index (χ4n) is 2.53. The molecule has 1 amide bonds. The molecule has 0 atom stereocenters. The van der Waals surface area contributed by atoms with E-state index in [1.165, 1.54) is 24.3 Å². The average molecular weight is 268 g/mol. The maximum atomic E-state index is 14.1. The van der Waals surface area contributed by atoms with E-state index in [4.69, 9.17) is 5.73 Å². The molecule has 0 saturated heterocycles. The highest BCUT2D eigenvalue weighted by molar-refractivity contribution is 5.85. The molecule has 1 saturated carbocycles. The van der Waals surface area contributed by atoms with E-state index < -0.39 is 17.4 Å². The summed E-state index contributed by atoms with van der Waals surface area (Å²) in [5.41, 5.74) is 4.69. The van der Waals surface area contributed by atoms with Crippen molar-refractivity contribution < 1.29 is 13.6 Å². The number of hydrogen-bond acceptors (Lipinski definition) is 2.